The maximum atomic E-state index is 12.4. The number of carbonyl (C=O) groups excluding carboxylic acids is 1. The van der Waals surface area contributed by atoms with Crippen LogP contribution in [-0.2, 0) is 0 Å². The molecular formula is C25H24N6O. The monoisotopic (exact) mass is 424 g/mol. The molecule has 32 heavy (non-hydrogen) atoms. The first kappa shape index (κ1) is 19.9. The molecule has 0 atom stereocenters. The first-order valence-electron chi connectivity index (χ1n) is 10.8. The lowest BCUT2D eigenvalue weighted by atomic mass is 10.0. The van der Waals surface area contributed by atoms with Crippen molar-refractivity contribution < 1.29 is 4.79 Å². The van der Waals surface area contributed by atoms with E-state index in [2.05, 4.69) is 32.1 Å². The molecule has 2 aromatic carbocycles. The van der Waals surface area contributed by atoms with E-state index in [1.54, 1.807) is 0 Å². The second-order valence-corrected chi connectivity index (χ2v) is 8.16. The highest BCUT2D eigenvalue weighted by atomic mass is 16.2. The Morgan fingerprint density at radius 2 is 1.81 bits per heavy atom. The number of amides is 2. The molecule has 7 nitrogen and oxygen atoms in total. The van der Waals surface area contributed by atoms with Crippen LogP contribution in [0.2, 0.25) is 0 Å². The standard InChI is InChI=1S/C25H24N6O/c1-17-15-23(31-22-10-6-5-9-21(22)29-24(31)20(17)16-26)30-13-11-19(12-14-30)28-25(32)27-18-7-3-2-4-8-18/h2-10,15,19H,11-14H2,1H3,(H2,27,28,32). The summed E-state index contributed by atoms with van der Waals surface area (Å²) in [6, 6.07) is 21.8. The van der Waals surface area contributed by atoms with Crippen LogP contribution in [0.5, 0.6) is 0 Å². The molecule has 4 aromatic rings. The van der Waals surface area contributed by atoms with Gasteiger partial charge in [0, 0.05) is 24.8 Å². The molecule has 0 spiro atoms. The molecule has 7 heteroatoms. The van der Waals surface area contributed by atoms with E-state index in [4.69, 9.17) is 4.98 Å². The zero-order valence-corrected chi connectivity index (χ0v) is 17.9. The number of hydrogen-bond donors (Lipinski definition) is 2. The van der Waals surface area contributed by atoms with Crippen molar-refractivity contribution >= 4 is 34.2 Å². The summed E-state index contributed by atoms with van der Waals surface area (Å²) in [4.78, 5) is 19.4. The van der Waals surface area contributed by atoms with Crippen molar-refractivity contribution in [2.45, 2.75) is 25.8 Å². The summed E-state index contributed by atoms with van der Waals surface area (Å²) < 4.78 is 2.09. The molecule has 1 fully saturated rings. The average Bonchev–Trinajstić information content (AvgIpc) is 3.19. The normalized spacial score (nSPS) is 14.4. The number of hydrogen-bond acceptors (Lipinski definition) is 4. The Bertz CT molecular complexity index is 1330. The first-order chi connectivity index (χ1) is 15.6. The SMILES string of the molecule is Cc1cc(N2CCC(NC(=O)Nc3ccccc3)CC2)n2c(nc3ccccc32)c1C#N. The Morgan fingerprint density at radius 1 is 1.09 bits per heavy atom. The van der Waals surface area contributed by atoms with Crippen LogP contribution in [-0.4, -0.2) is 34.5 Å². The van der Waals surface area contributed by atoms with E-state index in [0.29, 0.717) is 11.2 Å². The second-order valence-electron chi connectivity index (χ2n) is 8.16. The lowest BCUT2D eigenvalue weighted by molar-refractivity contribution is 0.246. The molecule has 1 aliphatic rings. The summed E-state index contributed by atoms with van der Waals surface area (Å²) in [6.45, 7) is 3.58. The highest BCUT2D eigenvalue weighted by Crippen LogP contribution is 2.30. The molecule has 5 rings (SSSR count). The highest BCUT2D eigenvalue weighted by Gasteiger charge is 2.24. The summed E-state index contributed by atoms with van der Waals surface area (Å²) in [5, 5.41) is 15.7. The smallest absolute Gasteiger partial charge is 0.319 e. The van der Waals surface area contributed by atoms with Crippen molar-refractivity contribution in [3.05, 3.63) is 71.8 Å². The average molecular weight is 425 g/mol. The Kier molecular flexibility index (Phi) is 5.12. The van der Waals surface area contributed by atoms with Crippen molar-refractivity contribution in [2.75, 3.05) is 23.3 Å². The van der Waals surface area contributed by atoms with Gasteiger partial charge in [-0.05, 0) is 55.7 Å². The van der Waals surface area contributed by atoms with Crippen LogP contribution in [0.1, 0.15) is 24.0 Å². The number of rotatable bonds is 3. The maximum Gasteiger partial charge on any atom is 0.319 e. The molecule has 1 saturated heterocycles. The van der Waals surface area contributed by atoms with E-state index < -0.39 is 0 Å². The third-order valence-corrected chi connectivity index (χ3v) is 6.05. The van der Waals surface area contributed by atoms with Gasteiger partial charge in [0.2, 0.25) is 0 Å². The molecule has 0 saturated carbocycles. The van der Waals surface area contributed by atoms with Crippen molar-refractivity contribution in [1.29, 1.82) is 5.26 Å². The van der Waals surface area contributed by atoms with Gasteiger partial charge in [-0.15, -0.1) is 0 Å². The van der Waals surface area contributed by atoms with Gasteiger partial charge in [-0.1, -0.05) is 30.3 Å². The van der Waals surface area contributed by atoms with Gasteiger partial charge in [-0.25, -0.2) is 9.78 Å². The number of pyridine rings is 1. The minimum absolute atomic E-state index is 0.115. The predicted molar refractivity (Wildman–Crippen MR) is 126 cm³/mol. The van der Waals surface area contributed by atoms with Gasteiger partial charge in [0.15, 0.2) is 5.65 Å². The quantitative estimate of drug-likeness (QED) is 0.509. The van der Waals surface area contributed by atoms with Gasteiger partial charge in [-0.3, -0.25) is 4.40 Å². The van der Waals surface area contributed by atoms with Crippen LogP contribution in [0, 0.1) is 18.3 Å². The number of nitrogens with one attached hydrogen (secondary N) is 2. The van der Waals surface area contributed by atoms with Gasteiger partial charge >= 0.3 is 6.03 Å². The Hall–Kier alpha value is -4.05. The summed E-state index contributed by atoms with van der Waals surface area (Å²) in [7, 11) is 0. The number of para-hydroxylation sites is 3. The molecular weight excluding hydrogens is 400 g/mol. The number of anilines is 2. The van der Waals surface area contributed by atoms with Crippen LogP contribution in [0.4, 0.5) is 16.3 Å². The number of urea groups is 1. The minimum Gasteiger partial charge on any atom is -0.358 e. The number of nitrogens with zero attached hydrogens (tertiary/aromatic N) is 4. The lowest BCUT2D eigenvalue weighted by Gasteiger charge is -2.34. The van der Waals surface area contributed by atoms with E-state index in [1.807, 2.05) is 61.5 Å². The third-order valence-electron chi connectivity index (χ3n) is 6.05. The number of piperidine rings is 1. The van der Waals surface area contributed by atoms with E-state index in [0.717, 1.165) is 54.0 Å². The summed E-state index contributed by atoms with van der Waals surface area (Å²) in [5.41, 5.74) is 4.89. The zero-order chi connectivity index (χ0) is 22.1. The summed E-state index contributed by atoms with van der Waals surface area (Å²) >= 11 is 0. The van der Waals surface area contributed by atoms with Gasteiger partial charge in [0.25, 0.3) is 0 Å². The molecule has 0 unspecified atom stereocenters. The third kappa shape index (κ3) is 3.60. The van der Waals surface area contributed by atoms with Crippen LogP contribution in [0.15, 0.2) is 60.7 Å². The Labute approximate surface area is 186 Å². The molecule has 2 N–H and O–H groups in total. The largest absolute Gasteiger partial charge is 0.358 e. The van der Waals surface area contributed by atoms with Crippen LogP contribution >= 0.6 is 0 Å². The number of nitriles is 1. The molecule has 1 aliphatic heterocycles. The number of aryl methyl sites for hydroxylation is 1. The summed E-state index contributed by atoms with van der Waals surface area (Å²) in [5.74, 6) is 1.04. The van der Waals surface area contributed by atoms with E-state index >= 15 is 0 Å². The van der Waals surface area contributed by atoms with Crippen molar-refractivity contribution in [1.82, 2.24) is 14.7 Å². The van der Waals surface area contributed by atoms with Crippen LogP contribution in [0.25, 0.3) is 16.7 Å². The molecule has 2 aromatic heterocycles. The maximum absolute atomic E-state index is 12.4. The number of fused-ring (bicyclic) bond motifs is 3. The van der Waals surface area contributed by atoms with Gasteiger partial charge in [0.1, 0.15) is 11.9 Å². The Morgan fingerprint density at radius 3 is 2.56 bits per heavy atom. The van der Waals surface area contributed by atoms with Crippen LogP contribution in [0.3, 0.4) is 0 Å². The fraction of sp³-hybridized carbons (Fsp3) is 0.240. The van der Waals surface area contributed by atoms with Gasteiger partial charge in [-0.2, -0.15) is 5.26 Å². The molecule has 2 amide bonds. The molecule has 160 valence electrons. The van der Waals surface area contributed by atoms with E-state index in [1.165, 1.54) is 0 Å². The van der Waals surface area contributed by atoms with Crippen molar-refractivity contribution in [3.63, 3.8) is 0 Å². The van der Waals surface area contributed by atoms with E-state index in [9.17, 15) is 10.1 Å². The van der Waals surface area contributed by atoms with Gasteiger partial charge in [0.05, 0.1) is 16.6 Å². The fourth-order valence-corrected chi connectivity index (χ4v) is 4.43. The Balaban J connectivity index is 1.36. The summed E-state index contributed by atoms with van der Waals surface area (Å²) in [6.07, 6.45) is 1.69. The lowest BCUT2D eigenvalue weighted by Crippen LogP contribution is -2.46. The zero-order valence-electron chi connectivity index (χ0n) is 17.9. The van der Waals surface area contributed by atoms with Gasteiger partial charge < -0.3 is 15.5 Å². The molecule has 0 bridgehead atoms. The molecule has 0 aliphatic carbocycles. The number of imidazole rings is 1. The predicted octanol–water partition coefficient (Wildman–Crippen LogP) is 4.46. The fourth-order valence-electron chi connectivity index (χ4n) is 4.43. The highest BCUT2D eigenvalue weighted by molar-refractivity contribution is 5.89. The first-order valence-corrected chi connectivity index (χ1v) is 10.8. The molecule has 0 radical (unpaired) electrons. The minimum atomic E-state index is -0.174. The second kappa shape index (κ2) is 8.23. The number of benzene rings is 2. The van der Waals surface area contributed by atoms with Crippen LogP contribution < -0.4 is 15.5 Å². The van der Waals surface area contributed by atoms with Crippen molar-refractivity contribution in [2.24, 2.45) is 0 Å². The number of carbonyl (C=O) groups is 1. The molecule has 3 heterocycles. The van der Waals surface area contributed by atoms with E-state index in [-0.39, 0.29) is 12.1 Å². The number of aromatic nitrogens is 2. The van der Waals surface area contributed by atoms with Crippen molar-refractivity contribution in [3.8, 4) is 6.07 Å². The topological polar surface area (TPSA) is 85.5 Å².